The summed E-state index contributed by atoms with van der Waals surface area (Å²) in [6.07, 6.45) is 2.01. The van der Waals surface area contributed by atoms with Crippen LogP contribution in [-0.2, 0) is 19.9 Å². The highest BCUT2D eigenvalue weighted by Gasteiger charge is 2.44. The lowest BCUT2D eigenvalue weighted by Crippen LogP contribution is -2.29. The molecule has 1 fully saturated rings. The highest BCUT2D eigenvalue weighted by molar-refractivity contribution is 5.71. The number of esters is 1. The zero-order valence-corrected chi connectivity index (χ0v) is 12.3. The molecule has 4 N–H and O–H groups in total. The molecule has 0 bridgehead atoms. The third kappa shape index (κ3) is 2.58. The summed E-state index contributed by atoms with van der Waals surface area (Å²) < 4.78 is 12.4. The van der Waals surface area contributed by atoms with Crippen LogP contribution >= 0.6 is 0 Å². The molecule has 1 saturated heterocycles. The lowest BCUT2D eigenvalue weighted by molar-refractivity contribution is -0.147. The Hall–Kier alpha value is -2.70. The molecule has 0 aliphatic carbocycles. The Bertz CT molecular complexity index is 782. The van der Waals surface area contributed by atoms with Crippen molar-refractivity contribution in [3.8, 4) is 6.07 Å². The van der Waals surface area contributed by atoms with Gasteiger partial charge in [0.15, 0.2) is 11.4 Å². The lowest BCUT2D eigenvalue weighted by atomic mass is 9.98. The number of rotatable bonds is 4. The number of fused-ring (bicyclic) bond motifs is 1. The number of ether oxygens (including phenoxy) is 2. The summed E-state index contributed by atoms with van der Waals surface area (Å²) in [7, 11) is 0. The summed E-state index contributed by atoms with van der Waals surface area (Å²) in [4.78, 5) is 15.1. The summed E-state index contributed by atoms with van der Waals surface area (Å²) in [6.45, 7) is -0.116. The van der Waals surface area contributed by atoms with Crippen molar-refractivity contribution in [3.63, 3.8) is 0 Å². The number of hydrogen-bond donors (Lipinski definition) is 2. The van der Waals surface area contributed by atoms with Gasteiger partial charge in [0, 0.05) is 0 Å². The van der Waals surface area contributed by atoms with Crippen LogP contribution in [0.4, 0.5) is 5.82 Å². The number of hydrogen-bond acceptors (Lipinski definition) is 8. The molecule has 23 heavy (non-hydrogen) atoms. The Morgan fingerprint density at radius 2 is 2.43 bits per heavy atom. The average molecular weight is 316 g/mol. The van der Waals surface area contributed by atoms with E-state index in [0.717, 1.165) is 0 Å². The van der Waals surface area contributed by atoms with Crippen LogP contribution in [0.1, 0.15) is 18.5 Å². The lowest BCUT2D eigenvalue weighted by Gasteiger charge is -2.21. The maximum Gasteiger partial charge on any atom is 0.319 e. The number of carbonyl (C=O) groups is 1. The molecule has 2 aromatic heterocycles. The Morgan fingerprint density at radius 1 is 1.61 bits per heavy atom. The molecular weight excluding hydrogens is 300 g/mol. The van der Waals surface area contributed by atoms with E-state index in [9.17, 15) is 10.1 Å². The molecule has 9 heteroatoms. The minimum atomic E-state index is -1.16. The summed E-state index contributed by atoms with van der Waals surface area (Å²) >= 11 is 0. The third-order valence-corrected chi connectivity index (χ3v) is 3.86. The number of anilines is 1. The van der Waals surface area contributed by atoms with Crippen molar-refractivity contribution in [1.29, 1.82) is 5.26 Å². The number of nitrogens with zero attached hydrogens (tertiary/aromatic N) is 4. The highest BCUT2D eigenvalue weighted by Crippen LogP contribution is 2.39. The molecule has 0 amide bonds. The van der Waals surface area contributed by atoms with E-state index >= 15 is 0 Å². The van der Waals surface area contributed by atoms with E-state index in [1.54, 1.807) is 16.6 Å². The van der Waals surface area contributed by atoms with Gasteiger partial charge in [-0.3, -0.25) is 4.79 Å². The van der Waals surface area contributed by atoms with E-state index in [4.69, 9.17) is 20.9 Å². The number of carbonyl (C=O) groups excluding carboxylic acids is 1. The van der Waals surface area contributed by atoms with Crippen molar-refractivity contribution in [2.24, 2.45) is 5.73 Å². The minimum Gasteiger partial charge on any atom is -0.462 e. The van der Waals surface area contributed by atoms with E-state index in [2.05, 4.69) is 16.2 Å². The molecule has 2 aromatic rings. The molecule has 2 unspecified atom stereocenters. The molecule has 120 valence electrons. The van der Waals surface area contributed by atoms with Crippen LogP contribution in [0.2, 0.25) is 0 Å². The highest BCUT2D eigenvalue weighted by atomic mass is 16.6. The summed E-state index contributed by atoms with van der Waals surface area (Å²) in [5.41, 5.74) is 11.0. The van der Waals surface area contributed by atoms with Gasteiger partial charge >= 0.3 is 5.97 Å². The second-order valence-electron chi connectivity index (χ2n) is 5.27. The predicted octanol–water partition coefficient (Wildman–Crippen LogP) is -0.289. The van der Waals surface area contributed by atoms with Crippen LogP contribution in [0.15, 0.2) is 18.5 Å². The summed E-state index contributed by atoms with van der Waals surface area (Å²) in [5, 5.41) is 13.8. The Kier molecular flexibility index (Phi) is 3.85. The minimum absolute atomic E-state index is 0.0693. The van der Waals surface area contributed by atoms with E-state index in [1.807, 2.05) is 0 Å². The molecule has 1 aliphatic rings. The van der Waals surface area contributed by atoms with Crippen LogP contribution in [-0.4, -0.2) is 39.8 Å². The first-order valence-corrected chi connectivity index (χ1v) is 7.13. The normalized spacial score (nSPS) is 23.7. The van der Waals surface area contributed by atoms with E-state index in [0.29, 0.717) is 29.9 Å². The Balaban J connectivity index is 1.86. The average Bonchev–Trinajstić information content (AvgIpc) is 3.18. The fraction of sp³-hybridized carbons (Fsp3) is 0.429. The number of nitrogens with two attached hydrogens (primary N) is 2. The fourth-order valence-corrected chi connectivity index (χ4v) is 2.72. The zero-order valence-electron chi connectivity index (χ0n) is 12.3. The quantitative estimate of drug-likeness (QED) is 0.733. The summed E-state index contributed by atoms with van der Waals surface area (Å²) in [6, 6.07) is 5.71. The Labute approximate surface area is 131 Å². The van der Waals surface area contributed by atoms with Gasteiger partial charge in [-0.2, -0.15) is 10.4 Å². The van der Waals surface area contributed by atoms with Gasteiger partial charge in [0.1, 0.15) is 24.5 Å². The molecule has 3 heterocycles. The number of nitriles is 1. The molecule has 2 atom stereocenters. The smallest absolute Gasteiger partial charge is 0.319 e. The van der Waals surface area contributed by atoms with Crippen LogP contribution in [0.5, 0.6) is 0 Å². The van der Waals surface area contributed by atoms with Gasteiger partial charge in [-0.1, -0.05) is 0 Å². The fourth-order valence-electron chi connectivity index (χ4n) is 2.72. The van der Waals surface area contributed by atoms with Crippen molar-refractivity contribution >= 4 is 17.3 Å². The van der Waals surface area contributed by atoms with Gasteiger partial charge < -0.3 is 20.9 Å². The van der Waals surface area contributed by atoms with Crippen LogP contribution < -0.4 is 11.5 Å². The van der Waals surface area contributed by atoms with Crippen molar-refractivity contribution in [2.75, 3.05) is 18.9 Å². The molecule has 0 radical (unpaired) electrons. The first-order valence-electron chi connectivity index (χ1n) is 7.13. The topological polar surface area (TPSA) is 142 Å². The first kappa shape index (κ1) is 15.2. The largest absolute Gasteiger partial charge is 0.462 e. The number of nitrogen functional groups attached to an aromatic ring is 1. The van der Waals surface area contributed by atoms with E-state index in [-0.39, 0.29) is 19.3 Å². The van der Waals surface area contributed by atoms with Crippen LogP contribution in [0.25, 0.3) is 5.52 Å². The van der Waals surface area contributed by atoms with Crippen molar-refractivity contribution in [2.45, 2.75) is 24.5 Å². The predicted molar refractivity (Wildman–Crippen MR) is 78.8 cm³/mol. The molecule has 0 aromatic carbocycles. The second-order valence-corrected chi connectivity index (χ2v) is 5.27. The van der Waals surface area contributed by atoms with Gasteiger partial charge in [0.2, 0.25) is 0 Å². The number of aromatic nitrogens is 3. The van der Waals surface area contributed by atoms with E-state index in [1.165, 1.54) is 6.33 Å². The molecule has 0 saturated carbocycles. The summed E-state index contributed by atoms with van der Waals surface area (Å²) in [5.74, 6) is -0.178. The first-order chi connectivity index (χ1) is 11.1. The SMILES string of the molecule is N#CC1(c2ccc3c(N)ncnn23)CCC(COC(=O)CN)O1. The zero-order chi connectivity index (χ0) is 16.4. The standard InChI is InChI=1S/C14H16N6O3/c15-5-12(21)22-6-9-3-4-14(7-16,23-9)11-2-1-10-13(17)18-8-19-20(10)11/h1-2,8-9H,3-6,15H2,(H2,17,18,19). The Morgan fingerprint density at radius 3 is 3.17 bits per heavy atom. The van der Waals surface area contributed by atoms with E-state index < -0.39 is 11.6 Å². The second kappa shape index (κ2) is 5.83. The monoisotopic (exact) mass is 316 g/mol. The molecular formula is C14H16N6O3. The van der Waals surface area contributed by atoms with Gasteiger partial charge in [-0.15, -0.1) is 0 Å². The van der Waals surface area contributed by atoms with Gasteiger partial charge in [-0.25, -0.2) is 9.50 Å². The van der Waals surface area contributed by atoms with Crippen molar-refractivity contribution in [3.05, 3.63) is 24.2 Å². The molecule has 3 rings (SSSR count). The maximum absolute atomic E-state index is 11.1. The van der Waals surface area contributed by atoms with Crippen molar-refractivity contribution < 1.29 is 14.3 Å². The molecule has 9 nitrogen and oxygen atoms in total. The van der Waals surface area contributed by atoms with Gasteiger partial charge in [0.25, 0.3) is 0 Å². The maximum atomic E-state index is 11.1. The molecule has 1 aliphatic heterocycles. The van der Waals surface area contributed by atoms with Crippen molar-refractivity contribution in [1.82, 2.24) is 14.6 Å². The van der Waals surface area contributed by atoms with Gasteiger partial charge in [-0.05, 0) is 25.0 Å². The molecule has 0 spiro atoms. The van der Waals surface area contributed by atoms with Crippen LogP contribution in [0.3, 0.4) is 0 Å². The van der Waals surface area contributed by atoms with Crippen LogP contribution in [0, 0.1) is 11.3 Å². The third-order valence-electron chi connectivity index (χ3n) is 3.86. The van der Waals surface area contributed by atoms with Gasteiger partial charge in [0.05, 0.1) is 18.3 Å².